The number of nitrogens with two attached hydrogens (primary N) is 1. The lowest BCUT2D eigenvalue weighted by atomic mass is 10.1. The molecule has 6 nitrogen and oxygen atoms in total. The van der Waals surface area contributed by atoms with E-state index >= 15 is 0 Å². The molecule has 2 aromatic rings. The van der Waals surface area contributed by atoms with E-state index < -0.39 is 4.92 Å². The first kappa shape index (κ1) is 20.6. The molecule has 0 radical (unpaired) electrons. The molecule has 2 N–H and O–H groups in total. The second-order valence-corrected chi connectivity index (χ2v) is 5.61. The zero-order valence-corrected chi connectivity index (χ0v) is 14.9. The number of amides is 1. The Balaban J connectivity index is 0.00000312. The van der Waals surface area contributed by atoms with Crippen molar-refractivity contribution in [3.8, 4) is 0 Å². The molecule has 0 spiro atoms. The molecule has 1 amide bonds. The third kappa shape index (κ3) is 5.55. The van der Waals surface area contributed by atoms with Crippen LogP contribution in [-0.4, -0.2) is 28.8 Å². The second-order valence-electron chi connectivity index (χ2n) is 5.61. The van der Waals surface area contributed by atoms with Gasteiger partial charge in [0.25, 0.3) is 11.6 Å². The number of halogens is 1. The van der Waals surface area contributed by atoms with Crippen LogP contribution in [0.3, 0.4) is 0 Å². The molecule has 0 aliphatic rings. The summed E-state index contributed by atoms with van der Waals surface area (Å²) in [5, 5.41) is 10.8. The van der Waals surface area contributed by atoms with Gasteiger partial charge in [-0.15, -0.1) is 12.4 Å². The summed E-state index contributed by atoms with van der Waals surface area (Å²) in [5.74, 6) is -0.139. The molecular formula is C18H22ClN3O3. The van der Waals surface area contributed by atoms with E-state index in [-0.39, 0.29) is 24.0 Å². The molecule has 25 heavy (non-hydrogen) atoms. The Morgan fingerprint density at radius 3 is 2.44 bits per heavy atom. The standard InChI is InChI=1S/C18H21N3O3.ClH/c1-14-12-16(21(23)24)8-9-17(14)18(22)20(11-5-10-19)13-15-6-3-2-4-7-15;/h2-4,6-9,12H,5,10-11,13,19H2,1H3;1H. The molecule has 0 bridgehead atoms. The zero-order valence-electron chi connectivity index (χ0n) is 14.1. The Labute approximate surface area is 153 Å². The average Bonchev–Trinajstić information content (AvgIpc) is 2.58. The number of rotatable bonds is 7. The SMILES string of the molecule is Cc1cc([N+](=O)[O-])ccc1C(=O)N(CCCN)Cc1ccccc1.Cl. The minimum atomic E-state index is -0.461. The first-order valence-electron chi connectivity index (χ1n) is 7.81. The van der Waals surface area contributed by atoms with Crippen LogP contribution in [0.25, 0.3) is 0 Å². The number of hydrogen-bond acceptors (Lipinski definition) is 4. The highest BCUT2D eigenvalue weighted by Gasteiger charge is 2.19. The van der Waals surface area contributed by atoms with E-state index in [0.717, 1.165) is 5.56 Å². The predicted octanol–water partition coefficient (Wildman–Crippen LogP) is 3.32. The van der Waals surface area contributed by atoms with Crippen LogP contribution in [0.15, 0.2) is 48.5 Å². The highest BCUT2D eigenvalue weighted by Crippen LogP contribution is 2.19. The van der Waals surface area contributed by atoms with Gasteiger partial charge in [0.15, 0.2) is 0 Å². The normalized spacial score (nSPS) is 10.0. The fourth-order valence-electron chi connectivity index (χ4n) is 2.51. The third-order valence-electron chi connectivity index (χ3n) is 3.79. The Bertz CT molecular complexity index is 723. The summed E-state index contributed by atoms with van der Waals surface area (Å²) in [7, 11) is 0. The maximum absolute atomic E-state index is 12.9. The monoisotopic (exact) mass is 363 g/mol. The fourth-order valence-corrected chi connectivity index (χ4v) is 2.51. The van der Waals surface area contributed by atoms with Crippen LogP contribution >= 0.6 is 12.4 Å². The van der Waals surface area contributed by atoms with Gasteiger partial charge in [0, 0.05) is 30.8 Å². The number of hydrogen-bond donors (Lipinski definition) is 1. The van der Waals surface area contributed by atoms with Crippen molar-refractivity contribution in [1.29, 1.82) is 0 Å². The van der Waals surface area contributed by atoms with Gasteiger partial charge in [-0.3, -0.25) is 14.9 Å². The molecule has 7 heteroatoms. The van der Waals surface area contributed by atoms with E-state index in [1.807, 2.05) is 30.3 Å². The Morgan fingerprint density at radius 2 is 1.88 bits per heavy atom. The van der Waals surface area contributed by atoms with E-state index in [9.17, 15) is 14.9 Å². The lowest BCUT2D eigenvalue weighted by Crippen LogP contribution is -2.33. The molecular weight excluding hydrogens is 342 g/mol. The van der Waals surface area contributed by atoms with E-state index in [0.29, 0.717) is 37.2 Å². The van der Waals surface area contributed by atoms with Gasteiger partial charge in [0.1, 0.15) is 0 Å². The van der Waals surface area contributed by atoms with Crippen LogP contribution in [0.4, 0.5) is 5.69 Å². The van der Waals surface area contributed by atoms with Gasteiger partial charge >= 0.3 is 0 Å². The van der Waals surface area contributed by atoms with E-state index in [4.69, 9.17) is 5.73 Å². The Hall–Kier alpha value is -2.44. The summed E-state index contributed by atoms with van der Waals surface area (Å²) in [6.45, 7) is 3.23. The molecule has 0 fully saturated rings. The molecule has 0 aliphatic heterocycles. The lowest BCUT2D eigenvalue weighted by molar-refractivity contribution is -0.384. The van der Waals surface area contributed by atoms with Crippen LogP contribution < -0.4 is 5.73 Å². The topological polar surface area (TPSA) is 89.5 Å². The lowest BCUT2D eigenvalue weighted by Gasteiger charge is -2.23. The molecule has 0 atom stereocenters. The van der Waals surface area contributed by atoms with Gasteiger partial charge in [0.05, 0.1) is 4.92 Å². The highest BCUT2D eigenvalue weighted by molar-refractivity contribution is 5.96. The van der Waals surface area contributed by atoms with E-state index in [1.165, 1.54) is 18.2 Å². The van der Waals surface area contributed by atoms with Crippen LogP contribution in [0, 0.1) is 17.0 Å². The third-order valence-corrected chi connectivity index (χ3v) is 3.79. The van der Waals surface area contributed by atoms with Gasteiger partial charge in [-0.2, -0.15) is 0 Å². The minimum Gasteiger partial charge on any atom is -0.334 e. The molecule has 0 saturated heterocycles. The summed E-state index contributed by atoms with van der Waals surface area (Å²) < 4.78 is 0. The summed E-state index contributed by atoms with van der Waals surface area (Å²) in [6, 6.07) is 14.0. The van der Waals surface area contributed by atoms with Gasteiger partial charge < -0.3 is 10.6 Å². The smallest absolute Gasteiger partial charge is 0.269 e. The molecule has 0 aromatic heterocycles. The number of aryl methyl sites for hydroxylation is 1. The number of nitro benzene ring substituents is 1. The number of carbonyl (C=O) groups is 1. The fraction of sp³-hybridized carbons (Fsp3) is 0.278. The quantitative estimate of drug-likeness (QED) is 0.603. The molecule has 0 unspecified atom stereocenters. The van der Waals surface area contributed by atoms with Crippen molar-refractivity contribution < 1.29 is 9.72 Å². The summed E-state index contributed by atoms with van der Waals surface area (Å²) in [4.78, 5) is 25.0. The molecule has 2 aromatic carbocycles. The molecule has 2 rings (SSSR count). The Kier molecular flexibility index (Phi) is 8.04. The van der Waals surface area contributed by atoms with Crippen molar-refractivity contribution in [1.82, 2.24) is 4.90 Å². The maximum Gasteiger partial charge on any atom is 0.269 e. The van der Waals surface area contributed by atoms with Crippen molar-refractivity contribution in [3.05, 3.63) is 75.3 Å². The first-order chi connectivity index (χ1) is 11.5. The molecule has 134 valence electrons. The van der Waals surface area contributed by atoms with E-state index in [1.54, 1.807) is 11.8 Å². The van der Waals surface area contributed by atoms with Crippen LogP contribution in [0.1, 0.15) is 27.9 Å². The van der Waals surface area contributed by atoms with Gasteiger partial charge in [-0.05, 0) is 37.1 Å². The van der Waals surface area contributed by atoms with Crippen molar-refractivity contribution in [3.63, 3.8) is 0 Å². The van der Waals surface area contributed by atoms with Gasteiger partial charge in [-0.25, -0.2) is 0 Å². The van der Waals surface area contributed by atoms with Crippen LogP contribution in [-0.2, 0) is 6.54 Å². The number of nitro groups is 1. The van der Waals surface area contributed by atoms with Crippen molar-refractivity contribution in [2.45, 2.75) is 19.9 Å². The van der Waals surface area contributed by atoms with Crippen molar-refractivity contribution >= 4 is 24.0 Å². The molecule has 0 heterocycles. The molecule has 0 aliphatic carbocycles. The van der Waals surface area contributed by atoms with Crippen molar-refractivity contribution in [2.24, 2.45) is 5.73 Å². The average molecular weight is 364 g/mol. The summed E-state index contributed by atoms with van der Waals surface area (Å²) in [6.07, 6.45) is 0.699. The van der Waals surface area contributed by atoms with Crippen molar-refractivity contribution in [2.75, 3.05) is 13.1 Å². The van der Waals surface area contributed by atoms with Crippen LogP contribution in [0.2, 0.25) is 0 Å². The number of benzene rings is 2. The Morgan fingerprint density at radius 1 is 1.20 bits per heavy atom. The zero-order chi connectivity index (χ0) is 17.5. The number of non-ortho nitro benzene ring substituents is 1. The first-order valence-corrected chi connectivity index (χ1v) is 7.81. The summed E-state index contributed by atoms with van der Waals surface area (Å²) >= 11 is 0. The number of carbonyl (C=O) groups excluding carboxylic acids is 1. The summed E-state index contributed by atoms with van der Waals surface area (Å²) in [5.41, 5.74) is 7.67. The number of nitrogens with zero attached hydrogens (tertiary/aromatic N) is 2. The van der Waals surface area contributed by atoms with Crippen LogP contribution in [0.5, 0.6) is 0 Å². The minimum absolute atomic E-state index is 0. The largest absolute Gasteiger partial charge is 0.334 e. The predicted molar refractivity (Wildman–Crippen MR) is 99.9 cm³/mol. The maximum atomic E-state index is 12.9. The van der Waals surface area contributed by atoms with Gasteiger partial charge in [-0.1, -0.05) is 30.3 Å². The highest BCUT2D eigenvalue weighted by atomic mass is 35.5. The van der Waals surface area contributed by atoms with Gasteiger partial charge in [0.2, 0.25) is 0 Å². The molecule has 0 saturated carbocycles. The van der Waals surface area contributed by atoms with E-state index in [2.05, 4.69) is 0 Å². The second kappa shape index (κ2) is 9.76.